The molecule has 0 fully saturated rings. The average molecular weight is 270 g/mol. The van der Waals surface area contributed by atoms with Crippen LogP contribution in [0.25, 0.3) is 0 Å². The molecule has 1 aliphatic rings. The lowest BCUT2D eigenvalue weighted by molar-refractivity contribution is 0.0910. The number of ketones is 1. The van der Waals surface area contributed by atoms with Gasteiger partial charge in [0.1, 0.15) is 9.84 Å². The molecule has 0 amide bonds. The number of Topliss-reactive ketones (excluding diaryl/α,β-unsaturated/α-hetero) is 1. The van der Waals surface area contributed by atoms with Crippen LogP contribution in [0, 0.1) is 5.41 Å². The average Bonchev–Trinajstić information content (AvgIpc) is 2.55. The highest BCUT2D eigenvalue weighted by Crippen LogP contribution is 2.34. The summed E-state index contributed by atoms with van der Waals surface area (Å²) in [7, 11) is -3.01. The van der Waals surface area contributed by atoms with Crippen LogP contribution >= 0.6 is 0 Å². The van der Waals surface area contributed by atoms with E-state index in [-0.39, 0.29) is 17.0 Å². The molecule has 6 heteroatoms. The highest BCUT2D eigenvalue weighted by Gasteiger charge is 2.33. The van der Waals surface area contributed by atoms with Gasteiger partial charge in [-0.3, -0.25) is 9.48 Å². The first-order chi connectivity index (χ1) is 8.18. The summed E-state index contributed by atoms with van der Waals surface area (Å²) in [5.74, 6) is 0.155. The minimum Gasteiger partial charge on any atom is -0.294 e. The Morgan fingerprint density at radius 1 is 1.39 bits per heavy atom. The number of hydrogen-bond donors (Lipinski definition) is 0. The minimum absolute atomic E-state index is 0.0513. The van der Waals surface area contributed by atoms with Crippen molar-refractivity contribution in [1.82, 2.24) is 9.78 Å². The molecule has 5 nitrogen and oxygen atoms in total. The fraction of sp³-hybridized carbons (Fsp3) is 0.667. The number of aromatic nitrogens is 2. The van der Waals surface area contributed by atoms with Crippen molar-refractivity contribution in [2.75, 3.05) is 12.0 Å². The Morgan fingerprint density at radius 3 is 2.67 bits per heavy atom. The van der Waals surface area contributed by atoms with Crippen LogP contribution in [0.5, 0.6) is 0 Å². The van der Waals surface area contributed by atoms with Gasteiger partial charge in [0, 0.05) is 18.4 Å². The van der Waals surface area contributed by atoms with Crippen LogP contribution in [0.4, 0.5) is 0 Å². The molecule has 0 spiro atoms. The van der Waals surface area contributed by atoms with Crippen LogP contribution in [0.1, 0.15) is 36.3 Å². The van der Waals surface area contributed by atoms with E-state index in [0.29, 0.717) is 18.5 Å². The lowest BCUT2D eigenvalue weighted by Crippen LogP contribution is -2.28. The third kappa shape index (κ3) is 2.80. The smallest absolute Gasteiger partial charge is 0.166 e. The number of carbonyl (C=O) groups excluding carboxylic acids is 1. The van der Waals surface area contributed by atoms with E-state index in [4.69, 9.17) is 0 Å². The van der Waals surface area contributed by atoms with E-state index in [0.717, 1.165) is 12.1 Å². The van der Waals surface area contributed by atoms with Gasteiger partial charge < -0.3 is 0 Å². The van der Waals surface area contributed by atoms with E-state index in [2.05, 4.69) is 5.10 Å². The molecule has 0 unspecified atom stereocenters. The van der Waals surface area contributed by atoms with Gasteiger partial charge in [-0.25, -0.2) is 8.42 Å². The summed E-state index contributed by atoms with van der Waals surface area (Å²) in [5.41, 5.74) is 1.45. The standard InChI is InChI=1S/C12H18N2O3S/c1-12(2)6-10-9(11(15)7-12)8-13-14(10)4-5-18(3,16)17/h8H,4-7H2,1-3H3. The van der Waals surface area contributed by atoms with Crippen molar-refractivity contribution in [3.63, 3.8) is 0 Å². The molecule has 100 valence electrons. The number of aryl methyl sites for hydroxylation is 1. The SMILES string of the molecule is CC1(C)CC(=O)c2cnn(CCS(C)(=O)=O)c2C1. The molecule has 2 rings (SSSR count). The van der Waals surface area contributed by atoms with Gasteiger partial charge in [-0.2, -0.15) is 5.10 Å². The van der Waals surface area contributed by atoms with Crippen LogP contribution in [0.15, 0.2) is 6.20 Å². The van der Waals surface area contributed by atoms with Crippen molar-refractivity contribution in [3.05, 3.63) is 17.5 Å². The molecular formula is C12H18N2O3S. The monoisotopic (exact) mass is 270 g/mol. The quantitative estimate of drug-likeness (QED) is 0.824. The maximum absolute atomic E-state index is 11.9. The van der Waals surface area contributed by atoms with Crippen molar-refractivity contribution in [1.29, 1.82) is 0 Å². The lowest BCUT2D eigenvalue weighted by Gasteiger charge is -2.28. The normalized spacial score (nSPS) is 18.7. The summed E-state index contributed by atoms with van der Waals surface area (Å²) in [6.45, 7) is 4.40. The predicted octanol–water partition coefficient (Wildman–Crippen LogP) is 1.08. The van der Waals surface area contributed by atoms with E-state index in [1.54, 1.807) is 10.9 Å². The molecule has 0 saturated heterocycles. The highest BCUT2D eigenvalue weighted by atomic mass is 32.2. The fourth-order valence-electron chi connectivity index (χ4n) is 2.32. The van der Waals surface area contributed by atoms with Crippen LogP contribution in [-0.2, 0) is 22.8 Å². The molecule has 0 aliphatic heterocycles. The summed E-state index contributed by atoms with van der Waals surface area (Å²) in [6.07, 6.45) is 4.06. The number of hydrogen-bond acceptors (Lipinski definition) is 4. The Labute approximate surface area is 107 Å². The zero-order valence-corrected chi connectivity index (χ0v) is 11.7. The number of fused-ring (bicyclic) bond motifs is 1. The highest BCUT2D eigenvalue weighted by molar-refractivity contribution is 7.90. The van der Waals surface area contributed by atoms with E-state index in [1.807, 2.05) is 13.8 Å². The first kappa shape index (κ1) is 13.3. The molecule has 0 aromatic carbocycles. The topological polar surface area (TPSA) is 69.0 Å². The molecular weight excluding hydrogens is 252 g/mol. The maximum Gasteiger partial charge on any atom is 0.166 e. The van der Waals surface area contributed by atoms with Gasteiger partial charge in [0.05, 0.1) is 24.1 Å². The summed E-state index contributed by atoms with van der Waals surface area (Å²) < 4.78 is 24.0. The second-order valence-electron chi connectivity index (χ2n) is 5.80. The second-order valence-corrected chi connectivity index (χ2v) is 8.06. The number of carbonyl (C=O) groups is 1. The van der Waals surface area contributed by atoms with Crippen molar-refractivity contribution in [2.45, 2.75) is 33.2 Å². The molecule has 18 heavy (non-hydrogen) atoms. The Balaban J connectivity index is 2.28. The molecule has 0 radical (unpaired) electrons. The molecule has 1 aliphatic carbocycles. The summed E-state index contributed by atoms with van der Waals surface area (Å²) in [5, 5.41) is 4.15. The molecule has 1 aromatic rings. The molecule has 0 saturated carbocycles. The predicted molar refractivity (Wildman–Crippen MR) is 68.4 cm³/mol. The third-order valence-corrected chi connectivity index (χ3v) is 4.13. The van der Waals surface area contributed by atoms with Crippen LogP contribution < -0.4 is 0 Å². The first-order valence-corrected chi connectivity index (χ1v) is 8.00. The van der Waals surface area contributed by atoms with Crippen LogP contribution in [-0.4, -0.2) is 36.0 Å². The second kappa shape index (κ2) is 4.19. The van der Waals surface area contributed by atoms with Crippen molar-refractivity contribution < 1.29 is 13.2 Å². The van der Waals surface area contributed by atoms with E-state index in [9.17, 15) is 13.2 Å². The van der Waals surface area contributed by atoms with Crippen LogP contribution in [0.2, 0.25) is 0 Å². The van der Waals surface area contributed by atoms with Gasteiger partial charge in [-0.05, 0) is 11.8 Å². The minimum atomic E-state index is -3.01. The number of rotatable bonds is 3. The van der Waals surface area contributed by atoms with Gasteiger partial charge in [-0.15, -0.1) is 0 Å². The number of sulfone groups is 1. The Bertz CT molecular complexity index is 584. The van der Waals surface area contributed by atoms with Gasteiger partial charge in [0.25, 0.3) is 0 Å². The number of nitrogens with zero attached hydrogens (tertiary/aromatic N) is 2. The Hall–Kier alpha value is -1.17. The van der Waals surface area contributed by atoms with E-state index >= 15 is 0 Å². The fourth-order valence-corrected chi connectivity index (χ4v) is 2.83. The van der Waals surface area contributed by atoms with Gasteiger partial charge in [0.15, 0.2) is 5.78 Å². The largest absolute Gasteiger partial charge is 0.294 e. The lowest BCUT2D eigenvalue weighted by atomic mass is 9.76. The zero-order valence-electron chi connectivity index (χ0n) is 10.9. The third-order valence-electron chi connectivity index (χ3n) is 3.21. The Kier molecular flexibility index (Phi) is 3.09. The van der Waals surface area contributed by atoms with E-state index in [1.165, 1.54) is 6.26 Å². The van der Waals surface area contributed by atoms with Crippen LogP contribution in [0.3, 0.4) is 0 Å². The zero-order chi connectivity index (χ0) is 13.6. The summed E-state index contributed by atoms with van der Waals surface area (Å²) >= 11 is 0. The molecule has 1 aromatic heterocycles. The van der Waals surface area contributed by atoms with Gasteiger partial charge in [-0.1, -0.05) is 13.8 Å². The summed E-state index contributed by atoms with van der Waals surface area (Å²) in [4.78, 5) is 11.9. The van der Waals surface area contributed by atoms with Crippen molar-refractivity contribution >= 4 is 15.6 Å². The maximum atomic E-state index is 11.9. The molecule has 0 atom stereocenters. The first-order valence-electron chi connectivity index (χ1n) is 5.94. The van der Waals surface area contributed by atoms with Gasteiger partial charge in [0.2, 0.25) is 0 Å². The Morgan fingerprint density at radius 2 is 2.06 bits per heavy atom. The van der Waals surface area contributed by atoms with Crippen molar-refractivity contribution in [2.24, 2.45) is 5.41 Å². The van der Waals surface area contributed by atoms with Gasteiger partial charge >= 0.3 is 0 Å². The molecule has 0 N–H and O–H groups in total. The summed E-state index contributed by atoms with van der Waals surface area (Å²) in [6, 6.07) is 0. The van der Waals surface area contributed by atoms with Crippen molar-refractivity contribution in [3.8, 4) is 0 Å². The molecule has 1 heterocycles. The molecule has 0 bridgehead atoms. The van der Waals surface area contributed by atoms with E-state index < -0.39 is 9.84 Å².